The minimum atomic E-state index is -0.606. The minimum Gasteiger partial charge on any atom is -0.508 e. The molecule has 1 atom stereocenters. The zero-order chi connectivity index (χ0) is 16.3. The van der Waals surface area contributed by atoms with Gasteiger partial charge in [-0.3, -0.25) is 4.79 Å². The fourth-order valence-corrected chi connectivity index (χ4v) is 2.94. The van der Waals surface area contributed by atoms with E-state index in [1.807, 2.05) is 0 Å². The highest BCUT2D eigenvalue weighted by atomic mass is 16.7. The van der Waals surface area contributed by atoms with Crippen LogP contribution in [0.2, 0.25) is 0 Å². The first-order valence-corrected chi connectivity index (χ1v) is 6.86. The number of hydrogen-bond donors (Lipinski definition) is 3. The number of rotatable bonds is 1. The summed E-state index contributed by atoms with van der Waals surface area (Å²) in [5.41, 5.74) is 0.177. The monoisotopic (exact) mass is 316 g/mol. The Morgan fingerprint density at radius 3 is 2.57 bits per heavy atom. The van der Waals surface area contributed by atoms with Gasteiger partial charge in [-0.2, -0.15) is 0 Å². The molecule has 0 spiro atoms. The lowest BCUT2D eigenvalue weighted by Gasteiger charge is -2.08. The van der Waals surface area contributed by atoms with Crippen molar-refractivity contribution in [2.24, 2.45) is 0 Å². The van der Waals surface area contributed by atoms with Crippen molar-refractivity contribution in [3.05, 3.63) is 34.0 Å². The first kappa shape index (κ1) is 13.7. The quantitative estimate of drug-likeness (QED) is 0.589. The van der Waals surface area contributed by atoms with Gasteiger partial charge in [0.05, 0.1) is 5.39 Å². The van der Waals surface area contributed by atoms with Crippen LogP contribution in [0.3, 0.4) is 0 Å². The molecule has 118 valence electrons. The number of aromatic hydroxyl groups is 3. The number of methoxy groups -OCH3 is 1. The molecule has 1 unspecified atom stereocenters. The third kappa shape index (κ3) is 1.83. The van der Waals surface area contributed by atoms with Gasteiger partial charge in [-0.15, -0.1) is 0 Å². The Morgan fingerprint density at radius 2 is 1.83 bits per heavy atom. The average Bonchev–Trinajstić information content (AvgIpc) is 2.90. The second-order valence-corrected chi connectivity index (χ2v) is 5.33. The van der Waals surface area contributed by atoms with Gasteiger partial charge in [0.1, 0.15) is 28.1 Å². The van der Waals surface area contributed by atoms with E-state index in [2.05, 4.69) is 0 Å². The molecule has 0 amide bonds. The molecule has 1 aliphatic heterocycles. The summed E-state index contributed by atoms with van der Waals surface area (Å²) in [7, 11) is 1.46. The smallest absolute Gasteiger partial charge is 0.204 e. The zero-order valence-corrected chi connectivity index (χ0v) is 12.0. The molecule has 0 fully saturated rings. The fourth-order valence-electron chi connectivity index (χ4n) is 2.94. The summed E-state index contributed by atoms with van der Waals surface area (Å²) in [4.78, 5) is 12.8. The van der Waals surface area contributed by atoms with Gasteiger partial charge in [0.25, 0.3) is 0 Å². The van der Waals surface area contributed by atoms with Crippen molar-refractivity contribution in [1.82, 2.24) is 0 Å². The van der Waals surface area contributed by atoms with E-state index in [1.54, 1.807) is 0 Å². The summed E-state index contributed by atoms with van der Waals surface area (Å²) in [5.74, 6) is -0.599. The summed E-state index contributed by atoms with van der Waals surface area (Å²) in [6.45, 7) is 0. The molecule has 7 heteroatoms. The van der Waals surface area contributed by atoms with Crippen molar-refractivity contribution in [2.75, 3.05) is 7.11 Å². The highest BCUT2D eigenvalue weighted by molar-refractivity contribution is 5.97. The summed E-state index contributed by atoms with van der Waals surface area (Å²) in [6, 6.07) is 3.57. The van der Waals surface area contributed by atoms with Gasteiger partial charge in [-0.25, -0.2) is 0 Å². The lowest BCUT2D eigenvalue weighted by Crippen LogP contribution is -2.14. The molecule has 3 aromatic rings. The highest BCUT2D eigenvalue weighted by Crippen LogP contribution is 2.42. The van der Waals surface area contributed by atoms with E-state index in [9.17, 15) is 20.1 Å². The van der Waals surface area contributed by atoms with E-state index in [1.165, 1.54) is 19.2 Å². The van der Waals surface area contributed by atoms with Crippen LogP contribution in [0.5, 0.6) is 23.0 Å². The van der Waals surface area contributed by atoms with Gasteiger partial charge in [0.2, 0.25) is 11.7 Å². The molecule has 0 saturated carbocycles. The Hall–Kier alpha value is -2.93. The van der Waals surface area contributed by atoms with E-state index < -0.39 is 11.7 Å². The molecule has 0 saturated heterocycles. The van der Waals surface area contributed by atoms with Gasteiger partial charge in [0, 0.05) is 37.3 Å². The van der Waals surface area contributed by atoms with Crippen LogP contribution in [0, 0.1) is 0 Å². The third-order valence-corrected chi connectivity index (χ3v) is 3.95. The highest BCUT2D eigenvalue weighted by Gasteiger charge is 2.30. The van der Waals surface area contributed by atoms with Crippen LogP contribution < -0.4 is 10.2 Å². The molecule has 7 nitrogen and oxygen atoms in total. The Kier molecular flexibility index (Phi) is 2.70. The molecule has 1 aromatic heterocycles. The Labute approximate surface area is 128 Å². The Morgan fingerprint density at radius 1 is 1.09 bits per heavy atom. The van der Waals surface area contributed by atoms with E-state index in [0.29, 0.717) is 5.56 Å². The van der Waals surface area contributed by atoms with Crippen LogP contribution in [0.15, 0.2) is 27.4 Å². The summed E-state index contributed by atoms with van der Waals surface area (Å²) in [5, 5.41) is 29.8. The first-order chi connectivity index (χ1) is 11.0. The molecule has 0 aliphatic carbocycles. The maximum absolute atomic E-state index is 12.8. The molecule has 0 radical (unpaired) electrons. The van der Waals surface area contributed by atoms with Gasteiger partial charge in [-0.05, 0) is 0 Å². The van der Waals surface area contributed by atoms with Gasteiger partial charge in [0.15, 0.2) is 11.5 Å². The van der Waals surface area contributed by atoms with Crippen molar-refractivity contribution in [3.8, 4) is 23.0 Å². The molecule has 4 rings (SSSR count). The number of fused-ring (bicyclic) bond motifs is 4. The van der Waals surface area contributed by atoms with Crippen molar-refractivity contribution < 1.29 is 29.2 Å². The summed E-state index contributed by atoms with van der Waals surface area (Å²) >= 11 is 0. The number of hydrogen-bond acceptors (Lipinski definition) is 7. The van der Waals surface area contributed by atoms with Crippen molar-refractivity contribution in [3.63, 3.8) is 0 Å². The number of benzene rings is 2. The molecule has 23 heavy (non-hydrogen) atoms. The first-order valence-electron chi connectivity index (χ1n) is 6.86. The number of phenolic OH excluding ortho intramolecular Hbond substituents is 3. The SMILES string of the molecule is COC1Cc2c(c(O)cc3oc4cc(O)cc(O)c4c(=O)c23)O1. The molecule has 3 N–H and O–H groups in total. The predicted octanol–water partition coefficient (Wildman–Crippen LogP) is 1.97. The van der Waals surface area contributed by atoms with Crippen LogP contribution in [0.1, 0.15) is 5.56 Å². The maximum Gasteiger partial charge on any atom is 0.204 e. The van der Waals surface area contributed by atoms with Crippen LogP contribution in [-0.2, 0) is 11.2 Å². The molecular weight excluding hydrogens is 304 g/mol. The summed E-state index contributed by atoms with van der Waals surface area (Å²) < 4.78 is 16.2. The van der Waals surface area contributed by atoms with E-state index in [0.717, 1.165) is 6.07 Å². The normalized spacial score (nSPS) is 16.7. The topological polar surface area (TPSA) is 109 Å². The Balaban J connectivity index is 2.17. The van der Waals surface area contributed by atoms with E-state index >= 15 is 0 Å². The minimum absolute atomic E-state index is 0.0292. The number of ether oxygens (including phenoxy) is 2. The third-order valence-electron chi connectivity index (χ3n) is 3.95. The van der Waals surface area contributed by atoms with Crippen LogP contribution in [0.4, 0.5) is 0 Å². The second kappa shape index (κ2) is 4.53. The van der Waals surface area contributed by atoms with Crippen LogP contribution >= 0.6 is 0 Å². The largest absolute Gasteiger partial charge is 0.508 e. The molecule has 1 aliphatic rings. The van der Waals surface area contributed by atoms with Gasteiger partial charge in [-0.1, -0.05) is 0 Å². The maximum atomic E-state index is 12.8. The van der Waals surface area contributed by atoms with Crippen molar-refractivity contribution in [1.29, 1.82) is 0 Å². The average molecular weight is 316 g/mol. The second-order valence-electron chi connectivity index (χ2n) is 5.33. The van der Waals surface area contributed by atoms with E-state index in [-0.39, 0.29) is 51.4 Å². The fraction of sp³-hybridized carbons (Fsp3) is 0.188. The van der Waals surface area contributed by atoms with Crippen LogP contribution in [-0.4, -0.2) is 28.7 Å². The van der Waals surface area contributed by atoms with E-state index in [4.69, 9.17) is 13.9 Å². The predicted molar refractivity (Wildman–Crippen MR) is 80.1 cm³/mol. The summed E-state index contributed by atoms with van der Waals surface area (Å²) in [6.07, 6.45) is -0.337. The lowest BCUT2D eigenvalue weighted by molar-refractivity contribution is -0.0377. The number of phenols is 3. The van der Waals surface area contributed by atoms with Crippen LogP contribution in [0.25, 0.3) is 21.9 Å². The van der Waals surface area contributed by atoms with Crippen molar-refractivity contribution >= 4 is 21.9 Å². The zero-order valence-electron chi connectivity index (χ0n) is 12.0. The molecule has 2 aromatic carbocycles. The lowest BCUT2D eigenvalue weighted by atomic mass is 10.0. The van der Waals surface area contributed by atoms with Gasteiger partial charge < -0.3 is 29.2 Å². The van der Waals surface area contributed by atoms with Gasteiger partial charge >= 0.3 is 0 Å². The van der Waals surface area contributed by atoms with Crippen molar-refractivity contribution in [2.45, 2.75) is 12.7 Å². The molecule has 0 bridgehead atoms. The Bertz CT molecular complexity index is 1020. The molecular formula is C16H12O7. The standard InChI is InChI=1S/C16H12O7/c1-21-12-4-7-13-11(5-9(19)16(7)23-12)22-10-3-6(17)2-8(18)14(10)15(13)20/h2-3,5,12,17-19H,4H2,1H3. The molecule has 2 heterocycles.